The molecule has 0 unspecified atom stereocenters. The fourth-order valence-electron chi connectivity index (χ4n) is 1.14. The van der Waals surface area contributed by atoms with Gasteiger partial charge in [0.05, 0.1) is 15.7 Å². The van der Waals surface area contributed by atoms with E-state index in [0.29, 0.717) is 15.7 Å². The van der Waals surface area contributed by atoms with Gasteiger partial charge in [-0.15, -0.1) is 0 Å². The van der Waals surface area contributed by atoms with Crippen molar-refractivity contribution in [2.24, 2.45) is 0 Å². The average molecular weight is 248 g/mol. The van der Waals surface area contributed by atoms with Gasteiger partial charge in [-0.3, -0.25) is 0 Å². The summed E-state index contributed by atoms with van der Waals surface area (Å²) in [5.41, 5.74) is 0.610. The molecule has 15 heavy (non-hydrogen) atoms. The molecule has 0 aliphatic rings. The first-order valence-corrected chi connectivity index (χ1v) is 5.10. The van der Waals surface area contributed by atoms with Crippen molar-refractivity contribution in [2.45, 2.75) is 13.0 Å². The van der Waals surface area contributed by atoms with Crippen LogP contribution in [0.4, 0.5) is 5.69 Å². The number of carboxylic acid groups (broad SMARTS) is 1. The predicted octanol–water partition coefficient (Wildman–Crippen LogP) is 2.90. The molecule has 0 aliphatic heterocycles. The first kappa shape index (κ1) is 12.1. The number of aliphatic carboxylic acids is 1. The van der Waals surface area contributed by atoms with E-state index in [1.54, 1.807) is 37.1 Å². The number of rotatable bonds is 3. The first-order valence-electron chi connectivity index (χ1n) is 4.34. The lowest BCUT2D eigenvalue weighted by molar-refractivity contribution is -0.138. The number of anilines is 1. The topological polar surface area (TPSA) is 40.5 Å². The lowest BCUT2D eigenvalue weighted by Gasteiger charge is -2.24. The van der Waals surface area contributed by atoms with Crippen molar-refractivity contribution in [3.8, 4) is 0 Å². The number of benzene rings is 1. The van der Waals surface area contributed by atoms with Crippen molar-refractivity contribution < 1.29 is 9.90 Å². The first-order chi connectivity index (χ1) is 6.95. The summed E-state index contributed by atoms with van der Waals surface area (Å²) in [5.74, 6) is -0.909. The number of carbonyl (C=O) groups is 1. The number of nitrogens with zero attached hydrogens (tertiary/aromatic N) is 1. The van der Waals surface area contributed by atoms with Crippen LogP contribution in [0, 0.1) is 0 Å². The zero-order valence-electron chi connectivity index (χ0n) is 8.37. The van der Waals surface area contributed by atoms with Gasteiger partial charge in [0.15, 0.2) is 0 Å². The molecule has 0 heterocycles. The molecule has 0 spiro atoms. The Morgan fingerprint density at radius 2 is 2.07 bits per heavy atom. The van der Waals surface area contributed by atoms with Crippen molar-refractivity contribution in [1.82, 2.24) is 0 Å². The smallest absolute Gasteiger partial charge is 0.326 e. The molecule has 5 heteroatoms. The third-order valence-corrected chi connectivity index (χ3v) is 3.06. The van der Waals surface area contributed by atoms with Crippen molar-refractivity contribution in [2.75, 3.05) is 11.9 Å². The van der Waals surface area contributed by atoms with E-state index in [9.17, 15) is 4.79 Å². The fraction of sp³-hybridized carbons (Fsp3) is 0.300. The molecule has 3 nitrogen and oxygen atoms in total. The standard InChI is InChI=1S/C10H11Cl2NO2/c1-6(10(14)15)13(2)8-5-3-4-7(11)9(8)12/h3-6H,1-2H3,(H,14,15)/t6-/m0/s1. The zero-order valence-corrected chi connectivity index (χ0v) is 9.88. The van der Waals surface area contributed by atoms with Crippen LogP contribution < -0.4 is 4.90 Å². The van der Waals surface area contributed by atoms with Crippen molar-refractivity contribution in [3.63, 3.8) is 0 Å². The quantitative estimate of drug-likeness (QED) is 0.893. The SMILES string of the molecule is C[C@@H](C(=O)O)N(C)c1cccc(Cl)c1Cl. The van der Waals surface area contributed by atoms with Crippen LogP contribution >= 0.6 is 23.2 Å². The van der Waals surface area contributed by atoms with E-state index in [0.717, 1.165) is 0 Å². The van der Waals surface area contributed by atoms with E-state index in [4.69, 9.17) is 28.3 Å². The van der Waals surface area contributed by atoms with Crippen LogP contribution in [0.1, 0.15) is 6.92 Å². The molecule has 0 bridgehead atoms. The van der Waals surface area contributed by atoms with Crippen molar-refractivity contribution in [1.29, 1.82) is 0 Å². The van der Waals surface area contributed by atoms with Gasteiger partial charge in [0.2, 0.25) is 0 Å². The average Bonchev–Trinajstić information content (AvgIpc) is 2.20. The molecule has 1 aromatic rings. The molecule has 1 rings (SSSR count). The van der Waals surface area contributed by atoms with Gasteiger partial charge in [-0.25, -0.2) is 4.79 Å². The molecule has 0 saturated heterocycles. The Kier molecular flexibility index (Phi) is 3.83. The van der Waals surface area contributed by atoms with Gasteiger partial charge in [0.1, 0.15) is 6.04 Å². The number of carboxylic acids is 1. The van der Waals surface area contributed by atoms with Crippen LogP contribution in [-0.2, 0) is 4.79 Å². The molecule has 1 aromatic carbocycles. The molecule has 0 amide bonds. The Morgan fingerprint density at radius 1 is 1.47 bits per heavy atom. The molecule has 82 valence electrons. The van der Waals surface area contributed by atoms with Crippen LogP contribution in [0.25, 0.3) is 0 Å². The molecule has 0 radical (unpaired) electrons. The second-order valence-corrected chi connectivity index (χ2v) is 3.98. The van der Waals surface area contributed by atoms with E-state index in [-0.39, 0.29) is 0 Å². The summed E-state index contributed by atoms with van der Waals surface area (Å²) in [4.78, 5) is 12.4. The summed E-state index contributed by atoms with van der Waals surface area (Å²) in [6, 6.07) is 4.47. The van der Waals surface area contributed by atoms with Gasteiger partial charge < -0.3 is 10.0 Å². The minimum atomic E-state index is -0.909. The summed E-state index contributed by atoms with van der Waals surface area (Å²) in [6.07, 6.45) is 0. The fourth-order valence-corrected chi connectivity index (χ4v) is 1.57. The van der Waals surface area contributed by atoms with Gasteiger partial charge in [-0.2, -0.15) is 0 Å². The summed E-state index contributed by atoms with van der Waals surface area (Å²) in [7, 11) is 1.66. The maximum Gasteiger partial charge on any atom is 0.326 e. The monoisotopic (exact) mass is 247 g/mol. The second-order valence-electron chi connectivity index (χ2n) is 3.20. The van der Waals surface area contributed by atoms with Gasteiger partial charge in [-0.1, -0.05) is 29.3 Å². The molecule has 0 fully saturated rings. The highest BCUT2D eigenvalue weighted by atomic mass is 35.5. The normalized spacial score (nSPS) is 12.3. The van der Waals surface area contributed by atoms with Gasteiger partial charge >= 0.3 is 5.97 Å². The summed E-state index contributed by atoms with van der Waals surface area (Å²) in [6.45, 7) is 1.58. The number of likely N-dealkylation sites (N-methyl/N-ethyl adjacent to an activating group) is 1. The molecule has 0 aliphatic carbocycles. The highest BCUT2D eigenvalue weighted by Gasteiger charge is 2.19. The molecule has 0 saturated carbocycles. The molecule has 1 atom stereocenters. The third-order valence-electron chi connectivity index (χ3n) is 2.25. The van der Waals surface area contributed by atoms with Gasteiger partial charge in [-0.05, 0) is 19.1 Å². The Balaban J connectivity index is 3.06. The van der Waals surface area contributed by atoms with Crippen molar-refractivity contribution in [3.05, 3.63) is 28.2 Å². The van der Waals surface area contributed by atoms with Crippen LogP contribution in [0.5, 0.6) is 0 Å². The maximum atomic E-state index is 10.8. The van der Waals surface area contributed by atoms with E-state index < -0.39 is 12.0 Å². The summed E-state index contributed by atoms with van der Waals surface area (Å²) >= 11 is 11.8. The van der Waals surface area contributed by atoms with E-state index in [1.165, 1.54) is 0 Å². The Morgan fingerprint density at radius 3 is 2.60 bits per heavy atom. The molecular formula is C10H11Cl2NO2. The Bertz CT molecular complexity index is 382. The molecular weight excluding hydrogens is 237 g/mol. The zero-order chi connectivity index (χ0) is 11.6. The molecule has 1 N–H and O–H groups in total. The largest absolute Gasteiger partial charge is 0.480 e. The highest BCUT2D eigenvalue weighted by Crippen LogP contribution is 2.32. The highest BCUT2D eigenvalue weighted by molar-refractivity contribution is 6.43. The summed E-state index contributed by atoms with van der Waals surface area (Å²) in [5, 5.41) is 9.64. The lowest BCUT2D eigenvalue weighted by atomic mass is 10.2. The van der Waals surface area contributed by atoms with Crippen LogP contribution in [0.2, 0.25) is 10.0 Å². The van der Waals surface area contributed by atoms with Crippen LogP contribution in [0.15, 0.2) is 18.2 Å². The van der Waals surface area contributed by atoms with E-state index in [2.05, 4.69) is 0 Å². The Hall–Kier alpha value is -0.930. The number of hydrogen-bond donors (Lipinski definition) is 1. The number of hydrogen-bond acceptors (Lipinski definition) is 2. The lowest BCUT2D eigenvalue weighted by Crippen LogP contribution is -2.35. The van der Waals surface area contributed by atoms with Crippen LogP contribution in [0.3, 0.4) is 0 Å². The van der Waals surface area contributed by atoms with Gasteiger partial charge in [0.25, 0.3) is 0 Å². The Labute approximate surface area is 98.2 Å². The van der Waals surface area contributed by atoms with Crippen LogP contribution in [-0.4, -0.2) is 24.2 Å². The van der Waals surface area contributed by atoms with E-state index >= 15 is 0 Å². The molecule has 0 aromatic heterocycles. The third kappa shape index (κ3) is 2.55. The second kappa shape index (κ2) is 4.73. The number of halogens is 2. The predicted molar refractivity (Wildman–Crippen MR) is 62.0 cm³/mol. The summed E-state index contributed by atoms with van der Waals surface area (Å²) < 4.78 is 0. The minimum absolute atomic E-state index is 0.370. The van der Waals surface area contributed by atoms with Crippen molar-refractivity contribution >= 4 is 34.9 Å². The van der Waals surface area contributed by atoms with Gasteiger partial charge in [0, 0.05) is 7.05 Å². The maximum absolute atomic E-state index is 10.8. The minimum Gasteiger partial charge on any atom is -0.480 e. The van der Waals surface area contributed by atoms with E-state index in [1.807, 2.05) is 0 Å².